The van der Waals surface area contributed by atoms with Crippen molar-refractivity contribution in [1.29, 1.82) is 0 Å². The Hall–Kier alpha value is -1.58. The number of hydrogen-bond acceptors (Lipinski definition) is 4. The van der Waals surface area contributed by atoms with Gasteiger partial charge in [0.2, 0.25) is 0 Å². The zero-order valence-electron chi connectivity index (χ0n) is 7.61. The molecule has 0 aromatic rings. The first-order valence-electron chi connectivity index (χ1n) is 3.71. The third-order valence-corrected chi connectivity index (χ3v) is 1.40. The van der Waals surface area contributed by atoms with Crippen LogP contribution < -0.4 is 0 Å². The second-order valence-electron chi connectivity index (χ2n) is 2.47. The molecule has 13 heavy (non-hydrogen) atoms. The van der Waals surface area contributed by atoms with Gasteiger partial charge in [0.15, 0.2) is 11.9 Å². The first kappa shape index (κ1) is 11.4. The van der Waals surface area contributed by atoms with Crippen LogP contribution in [0.2, 0.25) is 0 Å². The van der Waals surface area contributed by atoms with E-state index < -0.39 is 12.1 Å². The highest BCUT2D eigenvalue weighted by Crippen LogP contribution is 2.00. The van der Waals surface area contributed by atoms with Crippen LogP contribution in [0.5, 0.6) is 0 Å². The smallest absolute Gasteiger partial charge is 0.337 e. The summed E-state index contributed by atoms with van der Waals surface area (Å²) in [5.74, 6) is -1.09. The van der Waals surface area contributed by atoms with Gasteiger partial charge in [0.1, 0.15) is 0 Å². The van der Waals surface area contributed by atoms with Crippen molar-refractivity contribution in [2.75, 3.05) is 0 Å². The fourth-order valence-corrected chi connectivity index (χ4v) is 0.530. The van der Waals surface area contributed by atoms with Crippen LogP contribution in [-0.2, 0) is 14.3 Å². The molecule has 4 nitrogen and oxygen atoms in total. The van der Waals surface area contributed by atoms with E-state index in [1.54, 1.807) is 0 Å². The molecule has 1 unspecified atom stereocenters. The molecular weight excluding hydrogens is 172 g/mol. The predicted octanol–water partition coefficient (Wildman–Crippen LogP) is 1.14. The quantitative estimate of drug-likeness (QED) is 0.404. The van der Waals surface area contributed by atoms with Crippen LogP contribution in [0.4, 0.5) is 0 Å². The number of aliphatic hydroxyl groups excluding tert-OH is 1. The fraction of sp³-hybridized carbons (Fsp3) is 0.333. The summed E-state index contributed by atoms with van der Waals surface area (Å²) in [6.45, 7) is 6.07. The van der Waals surface area contributed by atoms with E-state index in [1.165, 1.54) is 13.8 Å². The first-order chi connectivity index (χ1) is 6.02. The van der Waals surface area contributed by atoms with E-state index in [1.807, 2.05) is 0 Å². The Morgan fingerprint density at radius 3 is 2.46 bits per heavy atom. The summed E-state index contributed by atoms with van der Waals surface area (Å²) >= 11 is 0. The first-order valence-corrected chi connectivity index (χ1v) is 3.71. The molecule has 0 aromatic carbocycles. The van der Waals surface area contributed by atoms with E-state index in [9.17, 15) is 9.59 Å². The number of esters is 1. The maximum absolute atomic E-state index is 11.0. The normalized spacial score (nSPS) is 13.2. The Kier molecular flexibility index (Phi) is 4.51. The molecule has 0 heterocycles. The second kappa shape index (κ2) is 5.13. The summed E-state index contributed by atoms with van der Waals surface area (Å²) in [7, 11) is 0. The molecule has 0 saturated carbocycles. The highest BCUT2D eigenvalue weighted by atomic mass is 16.5. The van der Waals surface area contributed by atoms with Crippen LogP contribution in [0.3, 0.4) is 0 Å². The summed E-state index contributed by atoms with van der Waals surface area (Å²) in [6, 6.07) is 0. The molecule has 0 rings (SSSR count). The van der Waals surface area contributed by atoms with Crippen molar-refractivity contribution < 1.29 is 19.4 Å². The molecule has 0 aromatic heterocycles. The van der Waals surface area contributed by atoms with E-state index in [4.69, 9.17) is 5.11 Å². The van der Waals surface area contributed by atoms with Crippen molar-refractivity contribution in [3.05, 3.63) is 24.5 Å². The molecule has 1 atom stereocenters. The third-order valence-electron chi connectivity index (χ3n) is 1.40. The zero-order valence-corrected chi connectivity index (χ0v) is 7.61. The van der Waals surface area contributed by atoms with Gasteiger partial charge in [-0.2, -0.15) is 0 Å². The number of ether oxygens (including phenoxy) is 1. The van der Waals surface area contributed by atoms with Crippen LogP contribution >= 0.6 is 0 Å². The molecular formula is C9H12O4. The largest absolute Gasteiger partial charge is 0.515 e. The lowest BCUT2D eigenvalue weighted by atomic mass is 10.2. The van der Waals surface area contributed by atoms with Crippen LogP contribution in [0.1, 0.15) is 13.8 Å². The van der Waals surface area contributed by atoms with Crippen molar-refractivity contribution in [2.45, 2.75) is 20.0 Å². The van der Waals surface area contributed by atoms with E-state index in [2.05, 4.69) is 11.3 Å². The summed E-state index contributed by atoms with van der Waals surface area (Å²) in [4.78, 5) is 21.8. The minimum atomic E-state index is -0.861. The van der Waals surface area contributed by atoms with Crippen molar-refractivity contribution in [2.24, 2.45) is 0 Å². The summed E-state index contributed by atoms with van der Waals surface area (Å²) in [6.07, 6.45) is 0.850. The molecule has 0 fully saturated rings. The standard InChI is InChI=1S/C9H12O4/c1-4-8(11)7(3)13-9(12)6(2)5-10/h4-5,7,10H,1H2,2-3H3. The van der Waals surface area contributed by atoms with Crippen LogP contribution in [0.25, 0.3) is 0 Å². The maximum atomic E-state index is 11.0. The Balaban J connectivity index is 4.22. The third kappa shape index (κ3) is 3.55. The summed E-state index contributed by atoms with van der Waals surface area (Å²) in [5, 5.41) is 8.45. The van der Waals surface area contributed by atoms with E-state index >= 15 is 0 Å². The number of aliphatic hydroxyl groups is 1. The van der Waals surface area contributed by atoms with Gasteiger partial charge in [0.05, 0.1) is 11.8 Å². The molecule has 0 amide bonds. The Labute approximate surface area is 76.5 Å². The Morgan fingerprint density at radius 2 is 2.08 bits per heavy atom. The lowest BCUT2D eigenvalue weighted by Crippen LogP contribution is -2.22. The van der Waals surface area contributed by atoms with Crippen molar-refractivity contribution in [3.63, 3.8) is 0 Å². The van der Waals surface area contributed by atoms with Crippen LogP contribution in [-0.4, -0.2) is 23.0 Å². The summed E-state index contributed by atoms with van der Waals surface area (Å²) < 4.78 is 4.67. The highest BCUT2D eigenvalue weighted by molar-refractivity contribution is 5.96. The molecule has 0 aliphatic heterocycles. The molecule has 0 saturated heterocycles. The number of hydrogen-bond donors (Lipinski definition) is 1. The van der Waals surface area contributed by atoms with Crippen LogP contribution in [0, 0.1) is 0 Å². The topological polar surface area (TPSA) is 63.6 Å². The number of carbonyl (C=O) groups is 2. The lowest BCUT2D eigenvalue weighted by Gasteiger charge is -2.09. The van der Waals surface area contributed by atoms with E-state index in [-0.39, 0.29) is 11.4 Å². The molecule has 72 valence electrons. The minimum absolute atomic E-state index is 0.0451. The van der Waals surface area contributed by atoms with Gasteiger partial charge >= 0.3 is 5.97 Å². The van der Waals surface area contributed by atoms with Gasteiger partial charge in [0, 0.05) is 0 Å². The van der Waals surface area contributed by atoms with Gasteiger partial charge in [-0.1, -0.05) is 6.58 Å². The van der Waals surface area contributed by atoms with Gasteiger partial charge in [-0.15, -0.1) is 0 Å². The lowest BCUT2D eigenvalue weighted by molar-refractivity contribution is -0.148. The average Bonchev–Trinajstić information content (AvgIpc) is 2.14. The number of ketones is 1. The number of carbonyl (C=O) groups excluding carboxylic acids is 2. The van der Waals surface area contributed by atoms with Gasteiger partial charge in [0.25, 0.3) is 0 Å². The Bertz CT molecular complexity index is 252. The van der Waals surface area contributed by atoms with Crippen molar-refractivity contribution in [1.82, 2.24) is 0 Å². The monoisotopic (exact) mass is 184 g/mol. The highest BCUT2D eigenvalue weighted by Gasteiger charge is 2.15. The SMILES string of the molecule is C=CC(=O)C(C)OC(=O)C(C)=CO. The predicted molar refractivity (Wildman–Crippen MR) is 47.1 cm³/mol. The molecule has 0 bridgehead atoms. The maximum Gasteiger partial charge on any atom is 0.337 e. The fourth-order valence-electron chi connectivity index (χ4n) is 0.530. The molecule has 0 aliphatic rings. The Morgan fingerprint density at radius 1 is 1.54 bits per heavy atom. The molecule has 0 aliphatic carbocycles. The second-order valence-corrected chi connectivity index (χ2v) is 2.47. The number of rotatable bonds is 4. The van der Waals surface area contributed by atoms with Gasteiger partial charge in [-0.3, -0.25) is 4.79 Å². The van der Waals surface area contributed by atoms with Crippen LogP contribution in [0.15, 0.2) is 24.5 Å². The summed E-state index contributed by atoms with van der Waals surface area (Å²) in [5.41, 5.74) is 0.0451. The molecule has 0 spiro atoms. The van der Waals surface area contributed by atoms with Gasteiger partial charge in [-0.05, 0) is 19.9 Å². The van der Waals surface area contributed by atoms with Gasteiger partial charge < -0.3 is 9.84 Å². The van der Waals surface area contributed by atoms with E-state index in [0.717, 1.165) is 6.08 Å². The zero-order chi connectivity index (χ0) is 10.4. The minimum Gasteiger partial charge on any atom is -0.515 e. The van der Waals surface area contributed by atoms with Crippen molar-refractivity contribution >= 4 is 11.8 Å². The molecule has 0 radical (unpaired) electrons. The van der Waals surface area contributed by atoms with Gasteiger partial charge in [-0.25, -0.2) is 4.79 Å². The average molecular weight is 184 g/mol. The molecule has 1 N–H and O–H groups in total. The molecule has 4 heteroatoms. The van der Waals surface area contributed by atoms with Crippen molar-refractivity contribution in [3.8, 4) is 0 Å². The van der Waals surface area contributed by atoms with E-state index in [0.29, 0.717) is 6.26 Å².